The Morgan fingerprint density at radius 2 is 2.50 bits per heavy atom. The van der Waals surface area contributed by atoms with E-state index in [4.69, 9.17) is 4.84 Å². The van der Waals surface area contributed by atoms with Gasteiger partial charge in [0.2, 0.25) is 0 Å². The largest absolute Gasteiger partial charge is 0.299 e. The summed E-state index contributed by atoms with van der Waals surface area (Å²) in [5.74, 6) is 0. The van der Waals surface area contributed by atoms with Crippen molar-refractivity contribution in [1.29, 1.82) is 0 Å². The monoisotopic (exact) mass is 116 g/mol. The number of hydrogen-bond acceptors (Lipinski definition) is 2. The van der Waals surface area contributed by atoms with Crippen LogP contribution in [-0.4, -0.2) is 31.4 Å². The molecule has 1 saturated heterocycles. The highest BCUT2D eigenvalue weighted by atomic mass is 16.7. The molecule has 1 aliphatic rings. The summed E-state index contributed by atoms with van der Waals surface area (Å²) >= 11 is 0. The van der Waals surface area contributed by atoms with Gasteiger partial charge in [0.05, 0.1) is 19.8 Å². The third-order valence-corrected chi connectivity index (χ3v) is 1.17. The molecule has 3 heteroatoms. The van der Waals surface area contributed by atoms with Crippen LogP contribution in [0.5, 0.6) is 0 Å². The van der Waals surface area contributed by atoms with Gasteiger partial charge in [-0.2, -0.15) is 5.06 Å². The van der Waals surface area contributed by atoms with E-state index in [0.29, 0.717) is 6.54 Å². The summed E-state index contributed by atoms with van der Waals surface area (Å²) in [5, 5.41) is 11.7. The second-order valence-corrected chi connectivity index (χ2v) is 1.82. The Kier molecular flexibility index (Phi) is 2.27. The average molecular weight is 116 g/mol. The maximum absolute atomic E-state index is 9.96. The molecule has 0 aromatic rings. The van der Waals surface area contributed by atoms with Crippen LogP contribution in [0.15, 0.2) is 0 Å². The van der Waals surface area contributed by atoms with E-state index in [0.717, 1.165) is 19.6 Å². The second-order valence-electron chi connectivity index (χ2n) is 1.82. The number of hydroxylamine groups is 2. The fourth-order valence-electron chi connectivity index (χ4n) is 0.777. The minimum absolute atomic E-state index is 0.0556. The minimum Gasteiger partial charge on any atom is -0.299 e. The molecule has 0 atom stereocenters. The first-order valence-electron chi connectivity index (χ1n) is 2.89. The van der Waals surface area contributed by atoms with Crippen molar-refractivity contribution >= 4 is 0 Å². The van der Waals surface area contributed by atoms with E-state index in [-0.39, 0.29) is 6.61 Å². The Bertz CT molecular complexity index is 61.4. The van der Waals surface area contributed by atoms with Gasteiger partial charge < -0.3 is 0 Å². The van der Waals surface area contributed by atoms with Gasteiger partial charge in [0.15, 0.2) is 0 Å². The lowest BCUT2D eigenvalue weighted by Gasteiger charge is -2.08. The second kappa shape index (κ2) is 3.02. The molecular weight excluding hydrogens is 106 g/mol. The van der Waals surface area contributed by atoms with Gasteiger partial charge in [0, 0.05) is 6.54 Å². The molecule has 47 valence electrons. The quantitative estimate of drug-likeness (QED) is 0.510. The smallest absolute Gasteiger partial charge is 0.0972 e. The third kappa shape index (κ3) is 1.43. The molecule has 0 saturated carbocycles. The minimum atomic E-state index is -0.0556. The van der Waals surface area contributed by atoms with Crippen molar-refractivity contribution in [3.8, 4) is 0 Å². The van der Waals surface area contributed by atoms with Crippen molar-refractivity contribution < 1.29 is 9.94 Å². The third-order valence-electron chi connectivity index (χ3n) is 1.17. The van der Waals surface area contributed by atoms with Crippen LogP contribution in [0.25, 0.3) is 0 Å². The summed E-state index contributed by atoms with van der Waals surface area (Å²) in [5.41, 5.74) is 0. The molecule has 1 radical (unpaired) electrons. The highest BCUT2D eigenvalue weighted by molar-refractivity contribution is 4.51. The summed E-state index contributed by atoms with van der Waals surface area (Å²) in [7, 11) is 0. The molecule has 3 nitrogen and oxygen atoms in total. The van der Waals surface area contributed by atoms with Gasteiger partial charge >= 0.3 is 0 Å². The molecule has 0 amide bonds. The van der Waals surface area contributed by atoms with Crippen LogP contribution in [0, 0.1) is 0 Å². The molecule has 1 fully saturated rings. The fraction of sp³-hybridized carbons (Fsp3) is 1.00. The van der Waals surface area contributed by atoms with E-state index in [2.05, 4.69) is 0 Å². The van der Waals surface area contributed by atoms with Crippen LogP contribution in [0.3, 0.4) is 0 Å². The van der Waals surface area contributed by atoms with Crippen molar-refractivity contribution in [3.63, 3.8) is 0 Å². The molecule has 0 aliphatic carbocycles. The van der Waals surface area contributed by atoms with Gasteiger partial charge in [-0.05, 0) is 6.42 Å². The van der Waals surface area contributed by atoms with Crippen molar-refractivity contribution in [2.75, 3.05) is 26.3 Å². The predicted molar refractivity (Wildman–Crippen MR) is 27.7 cm³/mol. The summed E-state index contributed by atoms with van der Waals surface area (Å²) in [6.45, 7) is 2.21. The maximum atomic E-state index is 9.96. The predicted octanol–water partition coefficient (Wildman–Crippen LogP) is 0.0542. The molecule has 8 heavy (non-hydrogen) atoms. The van der Waals surface area contributed by atoms with Crippen LogP contribution in [0.4, 0.5) is 0 Å². The van der Waals surface area contributed by atoms with Gasteiger partial charge in [0.25, 0.3) is 0 Å². The Labute approximate surface area is 48.8 Å². The number of hydrogen-bond donors (Lipinski definition) is 0. The first-order valence-corrected chi connectivity index (χ1v) is 2.89. The van der Waals surface area contributed by atoms with Crippen LogP contribution >= 0.6 is 0 Å². The Morgan fingerprint density at radius 1 is 1.62 bits per heavy atom. The Hall–Kier alpha value is -0.120. The van der Waals surface area contributed by atoms with Gasteiger partial charge in [-0.15, -0.1) is 0 Å². The summed E-state index contributed by atoms with van der Waals surface area (Å²) in [6, 6.07) is 0. The Balaban J connectivity index is 2.06. The molecular formula is C5H10NO2. The molecule has 0 N–H and O–H groups in total. The molecule has 1 aliphatic heterocycles. The fourth-order valence-corrected chi connectivity index (χ4v) is 0.777. The zero-order valence-corrected chi connectivity index (χ0v) is 4.80. The van der Waals surface area contributed by atoms with E-state index in [1.807, 2.05) is 0 Å². The lowest BCUT2D eigenvalue weighted by Crippen LogP contribution is -2.20. The molecule has 0 unspecified atom stereocenters. The normalized spacial score (nSPS) is 22.1. The zero-order valence-electron chi connectivity index (χ0n) is 4.80. The van der Waals surface area contributed by atoms with E-state index in [1.54, 1.807) is 5.06 Å². The van der Waals surface area contributed by atoms with Crippen molar-refractivity contribution in [3.05, 3.63) is 0 Å². The van der Waals surface area contributed by atoms with Crippen molar-refractivity contribution in [2.24, 2.45) is 0 Å². The lowest BCUT2D eigenvalue weighted by molar-refractivity contribution is -0.119. The van der Waals surface area contributed by atoms with Crippen LogP contribution < -0.4 is 0 Å². The molecule has 1 heterocycles. The molecule has 0 aromatic heterocycles. The summed E-state index contributed by atoms with van der Waals surface area (Å²) < 4.78 is 0. The van der Waals surface area contributed by atoms with E-state index in [1.165, 1.54) is 0 Å². The standard InChI is InChI=1S/C5H10NO2/c7-4-3-6-2-1-5-8-6/h1-5H2. The summed E-state index contributed by atoms with van der Waals surface area (Å²) in [6.07, 6.45) is 1.07. The molecule has 0 bridgehead atoms. The van der Waals surface area contributed by atoms with Crippen LogP contribution in [0.1, 0.15) is 6.42 Å². The van der Waals surface area contributed by atoms with E-state index >= 15 is 0 Å². The average Bonchev–Trinajstić information content (AvgIpc) is 2.19. The number of nitrogens with zero attached hydrogens (tertiary/aromatic N) is 1. The highest BCUT2D eigenvalue weighted by Gasteiger charge is 2.10. The molecule has 0 aromatic carbocycles. The van der Waals surface area contributed by atoms with E-state index in [9.17, 15) is 5.11 Å². The van der Waals surface area contributed by atoms with E-state index < -0.39 is 0 Å². The van der Waals surface area contributed by atoms with Crippen LogP contribution in [-0.2, 0) is 9.94 Å². The first-order chi connectivity index (χ1) is 3.93. The van der Waals surface area contributed by atoms with Gasteiger partial charge in [-0.3, -0.25) is 4.84 Å². The van der Waals surface area contributed by atoms with Crippen molar-refractivity contribution in [1.82, 2.24) is 5.06 Å². The first kappa shape index (κ1) is 6.01. The van der Waals surface area contributed by atoms with Gasteiger partial charge in [-0.1, -0.05) is 0 Å². The molecule has 0 spiro atoms. The van der Waals surface area contributed by atoms with Gasteiger partial charge in [0.1, 0.15) is 0 Å². The van der Waals surface area contributed by atoms with Crippen molar-refractivity contribution in [2.45, 2.75) is 6.42 Å². The SMILES string of the molecule is [O]CCN1CCCO1. The van der Waals surface area contributed by atoms with Crippen LogP contribution in [0.2, 0.25) is 0 Å². The molecule has 1 rings (SSSR count). The topological polar surface area (TPSA) is 32.4 Å². The zero-order chi connectivity index (χ0) is 5.82. The Morgan fingerprint density at radius 3 is 3.00 bits per heavy atom. The maximum Gasteiger partial charge on any atom is 0.0972 e. The van der Waals surface area contributed by atoms with Gasteiger partial charge in [-0.25, -0.2) is 5.11 Å². The highest BCUT2D eigenvalue weighted by Crippen LogP contribution is 2.01. The summed E-state index contributed by atoms with van der Waals surface area (Å²) in [4.78, 5) is 5.03. The lowest BCUT2D eigenvalue weighted by atomic mass is 10.5. The number of rotatable bonds is 2.